The third-order valence-electron chi connectivity index (χ3n) is 5.36. The van der Waals surface area contributed by atoms with Crippen LogP contribution < -0.4 is 14.8 Å². The van der Waals surface area contributed by atoms with Crippen LogP contribution in [0.5, 0.6) is 11.5 Å². The van der Waals surface area contributed by atoms with E-state index < -0.39 is 0 Å². The molecular weight excluding hydrogens is 350 g/mol. The molecule has 1 aliphatic rings. The third-order valence-corrected chi connectivity index (χ3v) is 5.36. The van der Waals surface area contributed by atoms with E-state index in [1.807, 2.05) is 18.2 Å². The molecule has 0 saturated heterocycles. The smallest absolute Gasteiger partial charge is 0.160 e. The zero-order chi connectivity index (χ0) is 20.1. The first-order valence-electron chi connectivity index (χ1n) is 9.99. The Morgan fingerprint density at radius 3 is 2.46 bits per heavy atom. The van der Waals surface area contributed by atoms with Gasteiger partial charge in [0.25, 0.3) is 0 Å². The topological polar surface area (TPSA) is 67.2 Å². The molecule has 3 rings (SSSR count). The van der Waals surface area contributed by atoms with Crippen molar-refractivity contribution < 1.29 is 9.47 Å². The van der Waals surface area contributed by atoms with Crippen molar-refractivity contribution in [2.75, 3.05) is 26.1 Å². The molecule has 0 saturated carbocycles. The highest BCUT2D eigenvalue weighted by atomic mass is 16.5. The van der Waals surface area contributed by atoms with Gasteiger partial charge in [0.2, 0.25) is 0 Å². The minimum atomic E-state index is 0.353. The summed E-state index contributed by atoms with van der Waals surface area (Å²) in [6, 6.07) is 8.36. The van der Waals surface area contributed by atoms with Gasteiger partial charge in [0.05, 0.1) is 19.8 Å². The summed E-state index contributed by atoms with van der Waals surface area (Å²) in [5, 5.41) is 13.2. The Hall–Kier alpha value is -2.74. The number of aromatic nitrogens is 1. The Kier molecular flexibility index (Phi) is 6.41. The van der Waals surface area contributed by atoms with Crippen LogP contribution in [0.25, 0.3) is 0 Å². The molecule has 1 aromatic carbocycles. The van der Waals surface area contributed by atoms with E-state index in [1.165, 1.54) is 17.5 Å². The highest BCUT2D eigenvalue weighted by Crippen LogP contribution is 2.33. The van der Waals surface area contributed by atoms with E-state index in [1.54, 1.807) is 14.2 Å². The number of methoxy groups -OCH3 is 2. The lowest BCUT2D eigenvalue weighted by molar-refractivity contribution is 0.354. The van der Waals surface area contributed by atoms with E-state index >= 15 is 0 Å². The minimum Gasteiger partial charge on any atom is -0.493 e. The van der Waals surface area contributed by atoms with Gasteiger partial charge < -0.3 is 14.8 Å². The van der Waals surface area contributed by atoms with Crippen LogP contribution in [-0.2, 0) is 19.3 Å². The van der Waals surface area contributed by atoms with Gasteiger partial charge in [-0.25, -0.2) is 4.98 Å². The number of rotatable bonds is 7. The maximum Gasteiger partial charge on any atom is 0.160 e. The highest BCUT2D eigenvalue weighted by Gasteiger charge is 2.23. The molecule has 0 bridgehead atoms. The van der Waals surface area contributed by atoms with Crippen molar-refractivity contribution in [2.24, 2.45) is 0 Å². The summed E-state index contributed by atoms with van der Waals surface area (Å²) < 4.78 is 10.7. The molecule has 2 aromatic rings. The van der Waals surface area contributed by atoms with Gasteiger partial charge in [-0.1, -0.05) is 19.9 Å². The molecule has 5 heteroatoms. The Morgan fingerprint density at radius 1 is 1.11 bits per heavy atom. The maximum atomic E-state index is 9.79. The van der Waals surface area contributed by atoms with Gasteiger partial charge in [-0.05, 0) is 66.8 Å². The van der Waals surface area contributed by atoms with Crippen LogP contribution in [0.4, 0.5) is 5.82 Å². The third kappa shape index (κ3) is 4.06. The van der Waals surface area contributed by atoms with Crippen molar-refractivity contribution in [3.8, 4) is 17.6 Å². The SMILES string of the molecule is COc1ccc(CCNc2nc(C(C)C)c3c(c2C#N)CCCC3)cc1OC. The number of nitrogens with zero attached hydrogens (tertiary/aromatic N) is 2. The predicted octanol–water partition coefficient (Wildman–Crippen LogP) is 4.63. The van der Waals surface area contributed by atoms with Gasteiger partial charge >= 0.3 is 0 Å². The highest BCUT2D eigenvalue weighted by molar-refractivity contribution is 5.60. The molecule has 1 heterocycles. The molecule has 28 heavy (non-hydrogen) atoms. The molecule has 0 atom stereocenters. The lowest BCUT2D eigenvalue weighted by atomic mass is 9.85. The fourth-order valence-corrected chi connectivity index (χ4v) is 3.94. The van der Waals surface area contributed by atoms with Crippen LogP contribution >= 0.6 is 0 Å². The van der Waals surface area contributed by atoms with Gasteiger partial charge in [0.15, 0.2) is 11.5 Å². The summed E-state index contributed by atoms with van der Waals surface area (Å²) in [6.07, 6.45) is 5.15. The number of nitrogens with one attached hydrogen (secondary N) is 1. The van der Waals surface area contributed by atoms with Crippen LogP contribution in [0, 0.1) is 11.3 Å². The number of ether oxygens (including phenoxy) is 2. The molecule has 0 fully saturated rings. The van der Waals surface area contributed by atoms with E-state index in [0.29, 0.717) is 12.5 Å². The van der Waals surface area contributed by atoms with Crippen LogP contribution in [0.1, 0.15) is 60.6 Å². The van der Waals surface area contributed by atoms with Gasteiger partial charge in [-0.3, -0.25) is 0 Å². The van der Waals surface area contributed by atoms with Crippen LogP contribution in [-0.4, -0.2) is 25.7 Å². The summed E-state index contributed by atoms with van der Waals surface area (Å²) in [5.74, 6) is 2.54. The molecule has 148 valence electrons. The first kappa shape index (κ1) is 20.0. The molecule has 1 aromatic heterocycles. The van der Waals surface area contributed by atoms with E-state index in [-0.39, 0.29) is 0 Å². The molecular formula is C23H29N3O2. The van der Waals surface area contributed by atoms with Gasteiger partial charge in [0.1, 0.15) is 11.9 Å². The zero-order valence-corrected chi connectivity index (χ0v) is 17.3. The Morgan fingerprint density at radius 2 is 1.82 bits per heavy atom. The Balaban J connectivity index is 1.81. The number of benzene rings is 1. The molecule has 0 unspecified atom stereocenters. The number of hydrogen-bond acceptors (Lipinski definition) is 5. The maximum absolute atomic E-state index is 9.79. The summed E-state index contributed by atoms with van der Waals surface area (Å²) >= 11 is 0. The molecule has 0 spiro atoms. The van der Waals surface area contributed by atoms with Gasteiger partial charge in [0, 0.05) is 12.2 Å². The lowest BCUT2D eigenvalue weighted by Gasteiger charge is -2.24. The van der Waals surface area contributed by atoms with E-state index in [4.69, 9.17) is 14.5 Å². The van der Waals surface area contributed by atoms with Crippen molar-refractivity contribution in [3.05, 3.63) is 46.1 Å². The van der Waals surface area contributed by atoms with Gasteiger partial charge in [-0.2, -0.15) is 5.26 Å². The average molecular weight is 380 g/mol. The van der Waals surface area contributed by atoms with E-state index in [9.17, 15) is 5.26 Å². The summed E-state index contributed by atoms with van der Waals surface area (Å²) in [5.41, 5.74) is 5.53. The monoisotopic (exact) mass is 379 g/mol. The quantitative estimate of drug-likeness (QED) is 0.760. The molecule has 1 N–H and O–H groups in total. The summed E-state index contributed by atoms with van der Waals surface area (Å²) in [6.45, 7) is 5.06. The molecule has 0 amide bonds. The number of fused-ring (bicyclic) bond motifs is 1. The molecule has 1 aliphatic carbocycles. The summed E-state index contributed by atoms with van der Waals surface area (Å²) in [7, 11) is 3.28. The largest absolute Gasteiger partial charge is 0.493 e. The molecule has 0 radical (unpaired) electrons. The van der Waals surface area contributed by atoms with Crippen molar-refractivity contribution in [2.45, 2.75) is 51.9 Å². The standard InChI is InChI=1S/C23H29N3O2/c1-15(2)22-18-8-6-5-7-17(18)19(14-24)23(26-22)25-12-11-16-9-10-20(27-3)21(13-16)28-4/h9-10,13,15H,5-8,11-12H2,1-4H3,(H,25,26). The average Bonchev–Trinajstić information content (AvgIpc) is 2.72. The second-order valence-electron chi connectivity index (χ2n) is 7.52. The first-order chi connectivity index (χ1) is 13.6. The van der Waals surface area contributed by atoms with E-state index in [0.717, 1.165) is 59.8 Å². The van der Waals surface area contributed by atoms with Crippen LogP contribution in [0.3, 0.4) is 0 Å². The van der Waals surface area contributed by atoms with Gasteiger partial charge in [-0.15, -0.1) is 0 Å². The van der Waals surface area contributed by atoms with Crippen LogP contribution in [0.2, 0.25) is 0 Å². The fourth-order valence-electron chi connectivity index (χ4n) is 3.94. The van der Waals surface area contributed by atoms with Crippen molar-refractivity contribution in [3.63, 3.8) is 0 Å². The predicted molar refractivity (Wildman–Crippen MR) is 111 cm³/mol. The number of hydrogen-bond donors (Lipinski definition) is 1. The van der Waals surface area contributed by atoms with Crippen molar-refractivity contribution in [1.82, 2.24) is 4.98 Å². The number of anilines is 1. The first-order valence-corrected chi connectivity index (χ1v) is 9.99. The summed E-state index contributed by atoms with van der Waals surface area (Å²) in [4.78, 5) is 4.87. The normalized spacial score (nSPS) is 13.0. The molecule has 0 aliphatic heterocycles. The fraction of sp³-hybridized carbons (Fsp3) is 0.478. The molecule has 5 nitrogen and oxygen atoms in total. The zero-order valence-electron chi connectivity index (χ0n) is 17.3. The number of pyridine rings is 1. The van der Waals surface area contributed by atoms with E-state index in [2.05, 4.69) is 25.2 Å². The van der Waals surface area contributed by atoms with Crippen molar-refractivity contribution in [1.29, 1.82) is 5.26 Å². The lowest BCUT2D eigenvalue weighted by Crippen LogP contribution is -2.16. The Labute approximate surface area is 167 Å². The van der Waals surface area contributed by atoms with Crippen molar-refractivity contribution >= 4 is 5.82 Å². The second kappa shape index (κ2) is 8.97. The van der Waals surface area contributed by atoms with Crippen LogP contribution in [0.15, 0.2) is 18.2 Å². The Bertz CT molecular complexity index is 884. The second-order valence-corrected chi connectivity index (χ2v) is 7.52. The number of nitriles is 1. The minimum absolute atomic E-state index is 0.353.